The summed E-state index contributed by atoms with van der Waals surface area (Å²) in [4.78, 5) is 39.2. The Morgan fingerprint density at radius 1 is 1.10 bits per heavy atom. The van der Waals surface area contributed by atoms with Crippen LogP contribution in [0.2, 0.25) is 0 Å². The molecule has 0 saturated heterocycles. The minimum Gasteiger partial charge on any atom is -0.390 e. The Hall–Kier alpha value is -3.88. The largest absolute Gasteiger partial charge is 0.390 e. The third-order valence-corrected chi connectivity index (χ3v) is 7.91. The molecule has 1 amide bonds. The molecule has 0 saturated carbocycles. The molecule has 41 heavy (non-hydrogen) atoms. The van der Waals surface area contributed by atoms with Gasteiger partial charge in [-0.2, -0.15) is 0 Å². The van der Waals surface area contributed by atoms with Gasteiger partial charge in [0.05, 0.1) is 17.5 Å². The summed E-state index contributed by atoms with van der Waals surface area (Å²) in [6.07, 6.45) is 6.78. The van der Waals surface area contributed by atoms with Crippen LogP contribution in [0.3, 0.4) is 0 Å². The number of aromatic nitrogens is 3. The number of hydrogen-bond acceptors (Lipinski definition) is 6. The molecular formula is C33H39N5O3. The number of carbonyl (C=O) groups excluding carboxylic acids is 2. The van der Waals surface area contributed by atoms with Gasteiger partial charge in [-0.05, 0) is 86.6 Å². The summed E-state index contributed by atoms with van der Waals surface area (Å²) < 4.78 is 0. The maximum Gasteiger partial charge on any atom is 0.253 e. The highest BCUT2D eigenvalue weighted by atomic mass is 16.3. The Morgan fingerprint density at radius 2 is 1.85 bits per heavy atom. The fraction of sp³-hybridized carbons (Fsp3) is 0.394. The van der Waals surface area contributed by atoms with E-state index in [0.29, 0.717) is 30.5 Å². The average Bonchev–Trinajstić information content (AvgIpc) is 3.37. The van der Waals surface area contributed by atoms with Gasteiger partial charge in [0.25, 0.3) is 5.91 Å². The van der Waals surface area contributed by atoms with Gasteiger partial charge in [0.2, 0.25) is 0 Å². The number of aliphatic hydroxyl groups is 1. The maximum absolute atomic E-state index is 12.4. The van der Waals surface area contributed by atoms with Crippen LogP contribution in [0.4, 0.5) is 0 Å². The second-order valence-electron chi connectivity index (χ2n) is 12.0. The lowest BCUT2D eigenvalue weighted by Gasteiger charge is -2.28. The van der Waals surface area contributed by atoms with Crippen molar-refractivity contribution in [3.63, 3.8) is 0 Å². The Labute approximate surface area is 241 Å². The molecule has 0 bridgehead atoms. The van der Waals surface area contributed by atoms with Gasteiger partial charge in [0.1, 0.15) is 11.3 Å². The normalized spacial score (nSPS) is 15.1. The molecule has 2 aromatic heterocycles. The quantitative estimate of drug-likeness (QED) is 0.262. The number of nitrogens with zero attached hydrogens (tertiary/aromatic N) is 3. The van der Waals surface area contributed by atoms with E-state index in [1.807, 2.05) is 36.7 Å². The second-order valence-corrected chi connectivity index (χ2v) is 12.0. The van der Waals surface area contributed by atoms with Gasteiger partial charge in [0, 0.05) is 62.4 Å². The number of amides is 1. The third-order valence-electron chi connectivity index (χ3n) is 7.91. The number of aryl methyl sites for hydroxylation is 1. The minimum atomic E-state index is -0.810. The molecule has 1 aliphatic rings. The lowest BCUT2D eigenvalue weighted by atomic mass is 9.88. The van der Waals surface area contributed by atoms with Crippen molar-refractivity contribution >= 4 is 22.9 Å². The van der Waals surface area contributed by atoms with E-state index in [1.54, 1.807) is 32.8 Å². The minimum absolute atomic E-state index is 0.0323. The van der Waals surface area contributed by atoms with Gasteiger partial charge in [-0.15, -0.1) is 0 Å². The standard InChI is InChI=1S/C33H39N5O3/c1-20-14-24(15-23-16-25(34-17-27(20)23)10-11-26(39)12-13-33(2,3)41)29-19-36-31-30(37-29)28(18-35-31)21-6-8-22(9-7-21)32(40)38(4)5/h6-9,14-15,18-19,25,34,41H,10-13,16-17H2,1-5H3,(H,35,36). The highest BCUT2D eigenvalue weighted by molar-refractivity contribution is 5.96. The molecule has 0 spiro atoms. The van der Waals surface area contributed by atoms with E-state index in [0.717, 1.165) is 47.3 Å². The van der Waals surface area contributed by atoms with E-state index in [4.69, 9.17) is 4.98 Å². The fourth-order valence-electron chi connectivity index (χ4n) is 5.47. The first-order valence-electron chi connectivity index (χ1n) is 14.2. The van der Waals surface area contributed by atoms with Crippen molar-refractivity contribution in [2.24, 2.45) is 0 Å². The molecule has 4 aromatic rings. The SMILES string of the molecule is Cc1cc(-c2cnc3[nH]cc(-c4ccc(C(=O)N(C)C)cc4)c3n2)cc2c1CNC(CCC(=O)CCC(C)(C)O)C2. The van der Waals surface area contributed by atoms with Gasteiger partial charge in [-0.3, -0.25) is 9.59 Å². The Kier molecular flexibility index (Phi) is 8.07. The van der Waals surface area contributed by atoms with Crippen molar-refractivity contribution in [3.05, 3.63) is 71.0 Å². The van der Waals surface area contributed by atoms with Crippen LogP contribution < -0.4 is 5.32 Å². The van der Waals surface area contributed by atoms with E-state index in [-0.39, 0.29) is 17.7 Å². The van der Waals surface area contributed by atoms with Crippen molar-refractivity contribution in [2.45, 2.75) is 71.1 Å². The van der Waals surface area contributed by atoms with Crippen LogP contribution in [0.1, 0.15) is 66.6 Å². The topological polar surface area (TPSA) is 111 Å². The summed E-state index contributed by atoms with van der Waals surface area (Å²) in [5.74, 6) is 0.171. The summed E-state index contributed by atoms with van der Waals surface area (Å²) in [5.41, 5.74) is 8.86. The second kappa shape index (κ2) is 11.5. The third kappa shape index (κ3) is 6.55. The van der Waals surface area contributed by atoms with Crippen LogP contribution in [0.5, 0.6) is 0 Å². The first kappa shape index (κ1) is 28.6. The predicted molar refractivity (Wildman–Crippen MR) is 162 cm³/mol. The number of aromatic amines is 1. The number of fused-ring (bicyclic) bond motifs is 2. The smallest absolute Gasteiger partial charge is 0.253 e. The van der Waals surface area contributed by atoms with Crippen molar-refractivity contribution in [3.8, 4) is 22.4 Å². The number of benzene rings is 2. The zero-order chi connectivity index (χ0) is 29.3. The molecule has 3 N–H and O–H groups in total. The van der Waals surface area contributed by atoms with Crippen molar-refractivity contribution < 1.29 is 14.7 Å². The molecule has 0 fully saturated rings. The number of ketones is 1. The summed E-state index contributed by atoms with van der Waals surface area (Å²) in [6.45, 7) is 6.40. The Morgan fingerprint density at radius 3 is 2.56 bits per heavy atom. The van der Waals surface area contributed by atoms with Gasteiger partial charge in [-0.1, -0.05) is 12.1 Å². The molecule has 1 atom stereocenters. The van der Waals surface area contributed by atoms with Crippen LogP contribution in [0, 0.1) is 6.92 Å². The van der Waals surface area contributed by atoms with Crippen LogP contribution >= 0.6 is 0 Å². The molecule has 5 rings (SSSR count). The molecule has 214 valence electrons. The molecule has 2 aromatic carbocycles. The lowest BCUT2D eigenvalue weighted by Crippen LogP contribution is -2.36. The van der Waals surface area contributed by atoms with E-state index in [9.17, 15) is 14.7 Å². The Balaban J connectivity index is 1.35. The summed E-state index contributed by atoms with van der Waals surface area (Å²) in [5, 5.41) is 13.5. The summed E-state index contributed by atoms with van der Waals surface area (Å²) >= 11 is 0. The van der Waals surface area contributed by atoms with Gasteiger partial charge in [0.15, 0.2) is 5.65 Å². The maximum atomic E-state index is 12.4. The molecule has 0 radical (unpaired) electrons. The molecule has 8 nitrogen and oxygen atoms in total. The van der Waals surface area contributed by atoms with Crippen molar-refractivity contribution in [1.29, 1.82) is 0 Å². The molecule has 3 heterocycles. The van der Waals surface area contributed by atoms with E-state index >= 15 is 0 Å². The van der Waals surface area contributed by atoms with Crippen molar-refractivity contribution in [1.82, 2.24) is 25.2 Å². The average molecular weight is 554 g/mol. The monoisotopic (exact) mass is 553 g/mol. The number of Topliss-reactive ketones (excluding diaryl/α,β-unsaturated/α-hetero) is 1. The highest BCUT2D eigenvalue weighted by Gasteiger charge is 2.22. The van der Waals surface area contributed by atoms with Gasteiger partial charge < -0.3 is 20.3 Å². The number of nitrogens with one attached hydrogen (secondary N) is 2. The van der Waals surface area contributed by atoms with Crippen LogP contribution in [0.25, 0.3) is 33.5 Å². The summed E-state index contributed by atoms with van der Waals surface area (Å²) in [6, 6.07) is 12.2. The number of H-pyrrole nitrogens is 1. The molecule has 1 aliphatic heterocycles. The number of rotatable bonds is 9. The predicted octanol–water partition coefficient (Wildman–Crippen LogP) is 5.22. The fourth-order valence-corrected chi connectivity index (χ4v) is 5.47. The van der Waals surface area contributed by atoms with Gasteiger partial charge >= 0.3 is 0 Å². The molecule has 8 heteroatoms. The first-order valence-corrected chi connectivity index (χ1v) is 14.2. The Bertz CT molecular complexity index is 1580. The van der Waals surface area contributed by atoms with E-state index in [2.05, 4.69) is 34.3 Å². The summed E-state index contributed by atoms with van der Waals surface area (Å²) in [7, 11) is 3.49. The zero-order valence-electron chi connectivity index (χ0n) is 24.5. The highest BCUT2D eigenvalue weighted by Crippen LogP contribution is 2.32. The molecular weight excluding hydrogens is 514 g/mol. The molecule has 1 unspecified atom stereocenters. The van der Waals surface area contributed by atoms with E-state index in [1.165, 1.54) is 16.7 Å². The first-order chi connectivity index (χ1) is 19.5. The zero-order valence-corrected chi connectivity index (χ0v) is 24.5. The van der Waals surface area contributed by atoms with Gasteiger partial charge in [-0.25, -0.2) is 9.97 Å². The number of hydrogen-bond donors (Lipinski definition) is 3. The van der Waals surface area contributed by atoms with Crippen LogP contribution in [0.15, 0.2) is 48.8 Å². The van der Waals surface area contributed by atoms with Crippen molar-refractivity contribution in [2.75, 3.05) is 14.1 Å². The van der Waals surface area contributed by atoms with Crippen LogP contribution in [-0.2, 0) is 17.8 Å². The van der Waals surface area contributed by atoms with E-state index < -0.39 is 5.60 Å². The number of carbonyl (C=O) groups is 2. The molecule has 0 aliphatic carbocycles. The van der Waals surface area contributed by atoms with Crippen LogP contribution in [-0.4, -0.2) is 62.4 Å². The lowest BCUT2D eigenvalue weighted by molar-refractivity contribution is -0.120.